The molecular formula is C47H55N7O6. The van der Waals surface area contributed by atoms with Crippen molar-refractivity contribution in [2.75, 3.05) is 55.6 Å². The Morgan fingerprint density at radius 1 is 0.800 bits per heavy atom. The van der Waals surface area contributed by atoms with Crippen molar-refractivity contribution in [3.8, 4) is 11.8 Å². The van der Waals surface area contributed by atoms with Crippen LogP contribution in [-0.4, -0.2) is 103 Å². The summed E-state index contributed by atoms with van der Waals surface area (Å²) in [6.45, 7) is 18.8. The summed E-state index contributed by atoms with van der Waals surface area (Å²) in [7, 11) is 0. The van der Waals surface area contributed by atoms with E-state index in [0.717, 1.165) is 91.8 Å². The summed E-state index contributed by atoms with van der Waals surface area (Å²) in [5.74, 6) is -0.665. The third kappa shape index (κ3) is 7.40. The van der Waals surface area contributed by atoms with Gasteiger partial charge < -0.3 is 19.9 Å². The monoisotopic (exact) mass is 813 g/mol. The molecule has 5 amide bonds. The molecule has 0 radical (unpaired) electrons. The highest BCUT2D eigenvalue weighted by Crippen LogP contribution is 2.56. The number of anilines is 2. The van der Waals surface area contributed by atoms with Crippen molar-refractivity contribution in [2.45, 2.75) is 85.4 Å². The fourth-order valence-electron chi connectivity index (χ4n) is 10.7. The van der Waals surface area contributed by atoms with Gasteiger partial charge in [-0.3, -0.25) is 39.1 Å². The topological polar surface area (TPSA) is 155 Å². The highest BCUT2D eigenvalue weighted by atomic mass is 16.5. The lowest BCUT2D eigenvalue weighted by atomic mass is 9.49. The first kappa shape index (κ1) is 41.0. The molecule has 60 heavy (non-hydrogen) atoms. The second-order valence-electron chi connectivity index (χ2n) is 18.5. The van der Waals surface area contributed by atoms with Crippen LogP contribution in [0.3, 0.4) is 0 Å². The maximum Gasteiger partial charge on any atom is 0.262 e. The molecule has 1 saturated carbocycles. The zero-order chi connectivity index (χ0) is 42.7. The minimum absolute atomic E-state index is 0.0909. The van der Waals surface area contributed by atoms with Gasteiger partial charge in [-0.15, -0.1) is 0 Å². The average molecular weight is 814 g/mol. The van der Waals surface area contributed by atoms with Crippen LogP contribution < -0.4 is 25.2 Å². The van der Waals surface area contributed by atoms with Gasteiger partial charge in [0.25, 0.3) is 17.7 Å². The van der Waals surface area contributed by atoms with E-state index >= 15 is 0 Å². The molecule has 1 atom stereocenters. The fraction of sp³-hybridized carbons (Fsp3) is 0.489. The minimum atomic E-state index is -0.973. The average Bonchev–Trinajstić information content (AvgIpc) is 3.47. The van der Waals surface area contributed by atoms with Crippen LogP contribution in [0, 0.1) is 41.9 Å². The molecular weight excluding hydrogens is 759 g/mol. The Morgan fingerprint density at radius 2 is 1.40 bits per heavy atom. The number of hydrogen-bond acceptors (Lipinski definition) is 10. The fourth-order valence-corrected chi connectivity index (χ4v) is 10.7. The van der Waals surface area contributed by atoms with E-state index < -0.39 is 29.7 Å². The van der Waals surface area contributed by atoms with Gasteiger partial charge in [0, 0.05) is 86.0 Å². The van der Waals surface area contributed by atoms with E-state index in [-0.39, 0.29) is 41.7 Å². The smallest absolute Gasteiger partial charge is 0.262 e. The first-order valence-electron chi connectivity index (χ1n) is 21.2. The van der Waals surface area contributed by atoms with Gasteiger partial charge in [0.15, 0.2) is 0 Å². The summed E-state index contributed by atoms with van der Waals surface area (Å²) in [5, 5.41) is 14.9. The Hall–Kier alpha value is -5.74. The lowest BCUT2D eigenvalue weighted by Gasteiger charge is -2.63. The first-order chi connectivity index (χ1) is 28.6. The van der Waals surface area contributed by atoms with Crippen LogP contribution in [0.15, 0.2) is 54.6 Å². The first-order valence-corrected chi connectivity index (χ1v) is 21.2. The van der Waals surface area contributed by atoms with Crippen LogP contribution in [-0.2, 0) is 9.59 Å². The van der Waals surface area contributed by atoms with E-state index in [4.69, 9.17) is 4.74 Å². The second kappa shape index (κ2) is 15.7. The molecule has 0 aromatic heterocycles. The third-order valence-electron chi connectivity index (χ3n) is 13.7. The molecule has 0 spiro atoms. The van der Waals surface area contributed by atoms with Gasteiger partial charge in [0.05, 0.1) is 22.8 Å². The van der Waals surface area contributed by atoms with Crippen LogP contribution in [0.25, 0.3) is 0 Å². The number of piperazine rings is 1. The van der Waals surface area contributed by atoms with Crippen molar-refractivity contribution < 1.29 is 28.7 Å². The zero-order valence-corrected chi connectivity index (χ0v) is 35.5. The number of fused-ring (bicyclic) bond motifs is 1. The Balaban J connectivity index is 0.794. The molecule has 4 aliphatic heterocycles. The van der Waals surface area contributed by atoms with Crippen LogP contribution in [0.4, 0.5) is 11.4 Å². The molecule has 13 heteroatoms. The standard InChI is InChI=1S/C47H55N7O6/c1-28-23-31(26-48)24-29(2)39(28)60-45-46(3,4)44(47(45,5)6)50-40(56)32-7-9-33(10-8-32)52-17-15-30(16-18-52)27-51-19-21-53(22-20-51)34-11-12-35-36(25-34)43(59)54(42(35)58)37-13-14-38(55)49-41(37)57/h7-12,23-25,30,37,44-45H,13-22,27H2,1-6H3,(H,50,56)(H,49,55,57). The van der Waals surface area contributed by atoms with Crippen LogP contribution in [0.1, 0.15) is 101 Å². The van der Waals surface area contributed by atoms with E-state index in [2.05, 4.69) is 71.2 Å². The Labute approximate surface area is 352 Å². The summed E-state index contributed by atoms with van der Waals surface area (Å²) >= 11 is 0. The number of carbonyl (C=O) groups is 5. The molecule has 4 fully saturated rings. The lowest BCUT2D eigenvalue weighted by Crippen LogP contribution is -2.74. The zero-order valence-electron chi connectivity index (χ0n) is 35.5. The number of amides is 5. The van der Waals surface area contributed by atoms with Crippen molar-refractivity contribution in [1.82, 2.24) is 20.4 Å². The van der Waals surface area contributed by atoms with Gasteiger partial charge >= 0.3 is 0 Å². The number of rotatable bonds is 9. The molecule has 314 valence electrons. The quantitative estimate of drug-likeness (QED) is 0.275. The van der Waals surface area contributed by atoms with Crippen molar-refractivity contribution in [2.24, 2.45) is 16.7 Å². The molecule has 3 saturated heterocycles. The second-order valence-corrected chi connectivity index (χ2v) is 18.5. The predicted molar refractivity (Wildman–Crippen MR) is 227 cm³/mol. The molecule has 2 N–H and O–H groups in total. The molecule has 3 aromatic rings. The molecule has 1 aliphatic carbocycles. The van der Waals surface area contributed by atoms with E-state index in [0.29, 0.717) is 28.2 Å². The third-order valence-corrected chi connectivity index (χ3v) is 13.7. The Morgan fingerprint density at radius 3 is 2.02 bits per heavy atom. The number of hydrogen-bond donors (Lipinski definition) is 2. The Kier molecular flexibility index (Phi) is 10.7. The van der Waals surface area contributed by atoms with Gasteiger partial charge in [-0.2, -0.15) is 5.26 Å². The number of nitriles is 1. The summed E-state index contributed by atoms with van der Waals surface area (Å²) in [6.07, 6.45) is 2.27. The number of piperidine rings is 2. The van der Waals surface area contributed by atoms with Gasteiger partial charge in [-0.25, -0.2) is 0 Å². The van der Waals surface area contributed by atoms with Crippen LogP contribution >= 0.6 is 0 Å². The number of aryl methyl sites for hydroxylation is 2. The number of imide groups is 2. The van der Waals surface area contributed by atoms with Gasteiger partial charge in [0.1, 0.15) is 17.9 Å². The SMILES string of the molecule is Cc1cc(C#N)cc(C)c1OC1C(C)(C)C(NC(=O)c2ccc(N3CCC(CN4CCN(c5ccc6c(c5)C(=O)N(C5CCC(=O)NC5=O)C6=O)CC4)CC3)cc2)C1(C)C. The predicted octanol–water partition coefficient (Wildman–Crippen LogP) is 5.23. The summed E-state index contributed by atoms with van der Waals surface area (Å²) < 4.78 is 6.65. The Bertz CT molecular complexity index is 2240. The van der Waals surface area contributed by atoms with Crippen molar-refractivity contribution in [3.05, 3.63) is 88.0 Å². The largest absolute Gasteiger partial charge is 0.489 e. The van der Waals surface area contributed by atoms with Gasteiger partial charge in [-0.05, 0) is 105 Å². The number of nitrogens with zero attached hydrogens (tertiary/aromatic N) is 5. The molecule has 8 rings (SSSR count). The molecule has 3 aromatic carbocycles. The van der Waals surface area contributed by atoms with Crippen molar-refractivity contribution in [3.63, 3.8) is 0 Å². The van der Waals surface area contributed by atoms with Crippen molar-refractivity contribution in [1.29, 1.82) is 5.26 Å². The lowest BCUT2D eigenvalue weighted by molar-refractivity contribution is -0.164. The highest BCUT2D eigenvalue weighted by Gasteiger charge is 2.64. The molecule has 4 heterocycles. The van der Waals surface area contributed by atoms with Gasteiger partial charge in [0.2, 0.25) is 11.8 Å². The molecule has 1 unspecified atom stereocenters. The number of benzene rings is 3. The van der Waals surface area contributed by atoms with Crippen molar-refractivity contribution >= 4 is 40.9 Å². The van der Waals surface area contributed by atoms with Crippen LogP contribution in [0.2, 0.25) is 0 Å². The maximum absolute atomic E-state index is 13.6. The van der Waals surface area contributed by atoms with E-state index in [1.165, 1.54) is 0 Å². The number of ether oxygens (including phenoxy) is 1. The molecule has 5 aliphatic rings. The number of nitrogens with one attached hydrogen (secondary N) is 2. The summed E-state index contributed by atoms with van der Waals surface area (Å²) in [5.41, 5.74) is 5.10. The maximum atomic E-state index is 13.6. The minimum Gasteiger partial charge on any atom is -0.489 e. The summed E-state index contributed by atoms with van der Waals surface area (Å²) in [6, 6.07) is 18.2. The van der Waals surface area contributed by atoms with E-state index in [1.807, 2.05) is 44.2 Å². The molecule has 0 bridgehead atoms. The van der Waals surface area contributed by atoms with Gasteiger partial charge in [-0.1, -0.05) is 27.7 Å². The summed E-state index contributed by atoms with van der Waals surface area (Å²) in [4.78, 5) is 72.3. The van der Waals surface area contributed by atoms with Crippen LogP contribution in [0.5, 0.6) is 5.75 Å². The highest BCUT2D eigenvalue weighted by molar-refractivity contribution is 6.23. The normalized spacial score (nSPS) is 24.1. The van der Waals surface area contributed by atoms with E-state index in [1.54, 1.807) is 12.1 Å². The molecule has 13 nitrogen and oxygen atoms in total. The number of carbonyl (C=O) groups excluding carboxylic acids is 5. The van der Waals surface area contributed by atoms with E-state index in [9.17, 15) is 29.2 Å².